The molecule has 3 N–H and O–H groups in total. The molecule has 0 saturated heterocycles. The first kappa shape index (κ1) is 21.4. The zero-order valence-electron chi connectivity index (χ0n) is 16.2. The number of aliphatic imine (C=N–C) groups is 1. The fourth-order valence-corrected chi connectivity index (χ4v) is 4.15. The highest BCUT2D eigenvalue weighted by molar-refractivity contribution is 7.90. The number of carbonyl (C=O) groups excluding carboxylic acids is 2. The molecule has 0 radical (unpaired) electrons. The van der Waals surface area contributed by atoms with Crippen LogP contribution < -0.4 is 15.6 Å². The molecule has 30 heavy (non-hydrogen) atoms. The SMILES string of the molecule is CCCCC(N=C1NS(=O)(=O)c2ccccc21)C(=O)NNC(=O)c1ccc(F)cc1. The molecule has 8 nitrogen and oxygen atoms in total. The molecule has 0 aliphatic carbocycles. The van der Waals surface area contributed by atoms with Gasteiger partial charge in [0.1, 0.15) is 17.7 Å². The summed E-state index contributed by atoms with van der Waals surface area (Å²) in [6, 6.07) is 10.3. The van der Waals surface area contributed by atoms with Crippen LogP contribution in [-0.4, -0.2) is 32.1 Å². The molecule has 1 atom stereocenters. The Morgan fingerprint density at radius 1 is 1.10 bits per heavy atom. The van der Waals surface area contributed by atoms with Crippen molar-refractivity contribution in [2.45, 2.75) is 37.1 Å². The zero-order valence-corrected chi connectivity index (χ0v) is 17.0. The third kappa shape index (κ3) is 4.82. The van der Waals surface area contributed by atoms with E-state index in [-0.39, 0.29) is 16.3 Å². The van der Waals surface area contributed by atoms with Crippen molar-refractivity contribution >= 4 is 27.7 Å². The fraction of sp³-hybridized carbons (Fsp3) is 0.250. The van der Waals surface area contributed by atoms with Gasteiger partial charge in [-0.3, -0.25) is 30.2 Å². The van der Waals surface area contributed by atoms with Crippen LogP contribution in [0.3, 0.4) is 0 Å². The standard InChI is InChI=1S/C20H21FN4O4S/c1-2-3-7-16(20(27)24-23-19(26)13-9-11-14(21)12-10-13)22-18-15-6-4-5-8-17(15)30(28,29)25-18/h4-6,8-12,16H,2-3,7H2,1H3,(H,22,25)(H,23,26)(H,24,27). The molecule has 0 fully saturated rings. The van der Waals surface area contributed by atoms with Gasteiger partial charge in [-0.05, 0) is 42.8 Å². The molecule has 1 aliphatic heterocycles. The summed E-state index contributed by atoms with van der Waals surface area (Å²) in [5, 5.41) is 0. The molecule has 0 saturated carbocycles. The van der Waals surface area contributed by atoms with Crippen LogP contribution in [0.5, 0.6) is 0 Å². The van der Waals surface area contributed by atoms with Crippen LogP contribution in [-0.2, 0) is 14.8 Å². The molecule has 0 bridgehead atoms. The van der Waals surface area contributed by atoms with Gasteiger partial charge in [0.05, 0.1) is 4.90 Å². The van der Waals surface area contributed by atoms with Crippen LogP contribution in [0.1, 0.15) is 42.1 Å². The number of sulfonamides is 1. The van der Waals surface area contributed by atoms with Gasteiger partial charge in [-0.15, -0.1) is 0 Å². The minimum Gasteiger partial charge on any atom is -0.271 e. The van der Waals surface area contributed by atoms with E-state index in [1.807, 2.05) is 6.92 Å². The summed E-state index contributed by atoms with van der Waals surface area (Å²) >= 11 is 0. The number of nitrogens with zero attached hydrogens (tertiary/aromatic N) is 1. The van der Waals surface area contributed by atoms with E-state index in [1.54, 1.807) is 18.2 Å². The molecular formula is C20H21FN4O4S. The average Bonchev–Trinajstić information content (AvgIpc) is 2.99. The van der Waals surface area contributed by atoms with Crippen molar-refractivity contribution in [3.8, 4) is 0 Å². The Balaban J connectivity index is 1.76. The van der Waals surface area contributed by atoms with Gasteiger partial charge in [0.2, 0.25) is 0 Å². The van der Waals surface area contributed by atoms with Crippen molar-refractivity contribution in [3.63, 3.8) is 0 Å². The van der Waals surface area contributed by atoms with Gasteiger partial charge < -0.3 is 0 Å². The lowest BCUT2D eigenvalue weighted by Crippen LogP contribution is -2.46. The molecule has 2 aromatic carbocycles. The summed E-state index contributed by atoms with van der Waals surface area (Å²) in [5.41, 5.74) is 5.14. The Morgan fingerprint density at radius 2 is 1.80 bits per heavy atom. The highest BCUT2D eigenvalue weighted by Gasteiger charge is 2.31. The number of hydrogen-bond acceptors (Lipinski definition) is 5. The van der Waals surface area contributed by atoms with Crippen LogP contribution in [0, 0.1) is 5.82 Å². The van der Waals surface area contributed by atoms with E-state index < -0.39 is 33.7 Å². The summed E-state index contributed by atoms with van der Waals surface area (Å²) in [4.78, 5) is 29.2. The van der Waals surface area contributed by atoms with Crippen LogP contribution in [0.4, 0.5) is 4.39 Å². The third-order valence-corrected chi connectivity index (χ3v) is 5.88. The van der Waals surface area contributed by atoms with E-state index in [9.17, 15) is 22.4 Å². The first-order valence-electron chi connectivity index (χ1n) is 9.37. The number of nitrogens with one attached hydrogen (secondary N) is 3. The number of unbranched alkanes of at least 4 members (excludes halogenated alkanes) is 1. The molecule has 10 heteroatoms. The van der Waals surface area contributed by atoms with Crippen LogP contribution in [0.25, 0.3) is 0 Å². The molecule has 158 valence electrons. The van der Waals surface area contributed by atoms with Gasteiger partial charge in [-0.1, -0.05) is 31.9 Å². The van der Waals surface area contributed by atoms with E-state index in [2.05, 4.69) is 20.6 Å². The van der Waals surface area contributed by atoms with E-state index >= 15 is 0 Å². The monoisotopic (exact) mass is 432 g/mol. The number of amidine groups is 1. The molecule has 1 aliphatic rings. The van der Waals surface area contributed by atoms with Crippen molar-refractivity contribution in [2.24, 2.45) is 4.99 Å². The predicted octanol–water partition coefficient (Wildman–Crippen LogP) is 1.88. The first-order valence-corrected chi connectivity index (χ1v) is 10.9. The van der Waals surface area contributed by atoms with Gasteiger partial charge in [0.15, 0.2) is 0 Å². The Hall–Kier alpha value is -3.27. The minimum atomic E-state index is -3.72. The molecule has 1 unspecified atom stereocenters. The van der Waals surface area contributed by atoms with Gasteiger partial charge in [0.25, 0.3) is 21.8 Å². The lowest BCUT2D eigenvalue weighted by atomic mass is 10.1. The van der Waals surface area contributed by atoms with Gasteiger partial charge in [-0.2, -0.15) is 0 Å². The highest BCUT2D eigenvalue weighted by Crippen LogP contribution is 2.23. The number of benzene rings is 2. The lowest BCUT2D eigenvalue weighted by molar-refractivity contribution is -0.123. The Bertz CT molecular complexity index is 1080. The second kappa shape index (κ2) is 9.04. The molecule has 0 spiro atoms. The number of rotatable bonds is 6. The molecule has 2 amide bonds. The number of halogens is 1. The molecule has 3 rings (SSSR count). The van der Waals surface area contributed by atoms with E-state index in [0.717, 1.165) is 18.6 Å². The normalized spacial score (nSPS) is 16.4. The first-order chi connectivity index (χ1) is 14.3. The topological polar surface area (TPSA) is 117 Å². The Kier molecular flexibility index (Phi) is 6.46. The van der Waals surface area contributed by atoms with Gasteiger partial charge >= 0.3 is 0 Å². The molecular weight excluding hydrogens is 411 g/mol. The van der Waals surface area contributed by atoms with Crippen molar-refractivity contribution in [2.75, 3.05) is 0 Å². The van der Waals surface area contributed by atoms with E-state index in [1.165, 1.54) is 18.2 Å². The van der Waals surface area contributed by atoms with Gasteiger partial charge in [0, 0.05) is 11.1 Å². The van der Waals surface area contributed by atoms with E-state index in [0.29, 0.717) is 18.4 Å². The summed E-state index contributed by atoms with van der Waals surface area (Å²) in [5.74, 6) is -1.59. The number of fused-ring (bicyclic) bond motifs is 1. The Labute approximate surface area is 173 Å². The largest absolute Gasteiger partial charge is 0.271 e. The van der Waals surface area contributed by atoms with Crippen molar-refractivity contribution < 1.29 is 22.4 Å². The molecule has 1 heterocycles. The maximum Gasteiger partial charge on any atom is 0.269 e. The number of carbonyl (C=O) groups is 2. The summed E-state index contributed by atoms with van der Waals surface area (Å²) in [6.45, 7) is 1.95. The van der Waals surface area contributed by atoms with Crippen LogP contribution >= 0.6 is 0 Å². The second-order valence-corrected chi connectivity index (χ2v) is 8.34. The summed E-state index contributed by atoms with van der Waals surface area (Å²) < 4.78 is 39.8. The molecule has 2 aromatic rings. The quantitative estimate of drug-likeness (QED) is 0.604. The van der Waals surface area contributed by atoms with Crippen molar-refractivity contribution in [1.82, 2.24) is 15.6 Å². The Morgan fingerprint density at radius 3 is 2.50 bits per heavy atom. The maximum atomic E-state index is 13.0. The third-order valence-electron chi connectivity index (χ3n) is 4.49. The smallest absolute Gasteiger partial charge is 0.269 e. The number of hydrogen-bond donors (Lipinski definition) is 3. The maximum absolute atomic E-state index is 13.0. The summed E-state index contributed by atoms with van der Waals surface area (Å²) in [7, 11) is -3.72. The molecule has 0 aromatic heterocycles. The van der Waals surface area contributed by atoms with Gasteiger partial charge in [-0.25, -0.2) is 12.8 Å². The second-order valence-electron chi connectivity index (χ2n) is 6.69. The fourth-order valence-electron chi connectivity index (χ4n) is 2.91. The lowest BCUT2D eigenvalue weighted by Gasteiger charge is -2.14. The van der Waals surface area contributed by atoms with Crippen molar-refractivity contribution in [3.05, 3.63) is 65.5 Å². The number of hydrazine groups is 1. The highest BCUT2D eigenvalue weighted by atomic mass is 32.2. The minimum absolute atomic E-state index is 0.0896. The predicted molar refractivity (Wildman–Crippen MR) is 109 cm³/mol. The van der Waals surface area contributed by atoms with Crippen LogP contribution in [0.2, 0.25) is 0 Å². The zero-order chi connectivity index (χ0) is 21.7. The van der Waals surface area contributed by atoms with Crippen LogP contribution in [0.15, 0.2) is 58.4 Å². The summed E-state index contributed by atoms with van der Waals surface area (Å²) in [6.07, 6.45) is 1.84. The van der Waals surface area contributed by atoms with E-state index in [4.69, 9.17) is 0 Å². The number of amides is 2. The average molecular weight is 432 g/mol. The van der Waals surface area contributed by atoms with Crippen molar-refractivity contribution in [1.29, 1.82) is 0 Å².